The number of amidine groups is 1. The molecule has 4 nitrogen and oxygen atoms in total. The van der Waals surface area contributed by atoms with Crippen molar-refractivity contribution >= 4 is 46.2 Å². The maximum Gasteiger partial charge on any atom is 0.266 e. The predicted octanol–water partition coefficient (Wildman–Crippen LogP) is 5.36. The molecule has 1 heterocycles. The molecule has 1 amide bonds. The standard InChI is InChI=1S/C20H19ClN2O2S/c1-3-23-19(24)18(13-14-7-5-6-8-17(14)25-4-2)26-20(23)22-16-11-9-15(21)10-12-16/h5-13H,3-4H2,1-2H3/b18-13+,22-20?. The number of carbonyl (C=O) groups is 1. The van der Waals surface area contributed by atoms with Crippen molar-refractivity contribution in [3.05, 3.63) is 64.0 Å². The van der Waals surface area contributed by atoms with Crippen molar-refractivity contribution in [2.45, 2.75) is 13.8 Å². The van der Waals surface area contributed by atoms with Gasteiger partial charge in [-0.05, 0) is 62.0 Å². The van der Waals surface area contributed by atoms with Crippen LogP contribution in [0.1, 0.15) is 19.4 Å². The first-order valence-corrected chi connectivity index (χ1v) is 9.59. The first-order valence-electron chi connectivity index (χ1n) is 8.40. The molecule has 0 spiro atoms. The third kappa shape index (κ3) is 4.11. The van der Waals surface area contributed by atoms with Crippen LogP contribution in [-0.4, -0.2) is 29.1 Å². The summed E-state index contributed by atoms with van der Waals surface area (Å²) < 4.78 is 5.65. The van der Waals surface area contributed by atoms with Crippen LogP contribution in [0.5, 0.6) is 5.75 Å². The van der Waals surface area contributed by atoms with E-state index < -0.39 is 0 Å². The number of amides is 1. The van der Waals surface area contributed by atoms with Crippen LogP contribution in [-0.2, 0) is 4.79 Å². The van der Waals surface area contributed by atoms with E-state index in [0.29, 0.717) is 28.2 Å². The Morgan fingerprint density at radius 1 is 1.15 bits per heavy atom. The molecule has 0 aromatic heterocycles. The summed E-state index contributed by atoms with van der Waals surface area (Å²) in [6.45, 7) is 5.01. The van der Waals surface area contributed by atoms with E-state index in [4.69, 9.17) is 16.3 Å². The van der Waals surface area contributed by atoms with Crippen LogP contribution in [0.15, 0.2) is 58.4 Å². The van der Waals surface area contributed by atoms with E-state index in [1.54, 1.807) is 17.0 Å². The average Bonchev–Trinajstić information content (AvgIpc) is 2.93. The molecule has 0 saturated carbocycles. The SMILES string of the molecule is CCOc1ccccc1/C=C1/SC(=Nc2ccc(Cl)cc2)N(CC)C1=O. The third-order valence-electron chi connectivity index (χ3n) is 3.76. The van der Waals surface area contributed by atoms with Crippen molar-refractivity contribution in [1.82, 2.24) is 4.90 Å². The zero-order chi connectivity index (χ0) is 18.5. The highest BCUT2D eigenvalue weighted by Crippen LogP contribution is 2.35. The number of carbonyl (C=O) groups excluding carboxylic acids is 1. The topological polar surface area (TPSA) is 41.9 Å². The van der Waals surface area contributed by atoms with E-state index in [-0.39, 0.29) is 5.91 Å². The van der Waals surface area contributed by atoms with Crippen LogP contribution >= 0.6 is 23.4 Å². The summed E-state index contributed by atoms with van der Waals surface area (Å²) in [6.07, 6.45) is 1.87. The molecule has 1 aliphatic rings. The van der Waals surface area contributed by atoms with Gasteiger partial charge in [0, 0.05) is 17.1 Å². The Balaban J connectivity index is 1.93. The smallest absolute Gasteiger partial charge is 0.266 e. The Morgan fingerprint density at radius 3 is 2.58 bits per heavy atom. The normalized spacial score (nSPS) is 17.3. The van der Waals surface area contributed by atoms with Gasteiger partial charge in [0.05, 0.1) is 17.2 Å². The molecule has 3 rings (SSSR count). The molecular formula is C20H19ClN2O2S. The minimum atomic E-state index is -0.0449. The molecule has 6 heteroatoms. The third-order valence-corrected chi connectivity index (χ3v) is 5.02. The first-order chi connectivity index (χ1) is 12.6. The lowest BCUT2D eigenvalue weighted by atomic mass is 10.2. The highest BCUT2D eigenvalue weighted by atomic mass is 35.5. The Labute approximate surface area is 162 Å². The Morgan fingerprint density at radius 2 is 1.88 bits per heavy atom. The van der Waals surface area contributed by atoms with E-state index >= 15 is 0 Å². The second kappa shape index (κ2) is 8.43. The van der Waals surface area contributed by atoms with E-state index in [0.717, 1.165) is 17.0 Å². The number of hydrogen-bond acceptors (Lipinski definition) is 4. The van der Waals surface area contributed by atoms with Gasteiger partial charge in [0.15, 0.2) is 5.17 Å². The highest BCUT2D eigenvalue weighted by molar-refractivity contribution is 8.18. The lowest BCUT2D eigenvalue weighted by Crippen LogP contribution is -2.28. The summed E-state index contributed by atoms with van der Waals surface area (Å²) in [5, 5.41) is 1.32. The molecule has 26 heavy (non-hydrogen) atoms. The molecule has 0 aliphatic carbocycles. The van der Waals surface area contributed by atoms with E-state index in [2.05, 4.69) is 4.99 Å². The van der Waals surface area contributed by atoms with Crippen LogP contribution < -0.4 is 4.74 Å². The summed E-state index contributed by atoms with van der Waals surface area (Å²) in [7, 11) is 0. The van der Waals surface area contributed by atoms with Gasteiger partial charge in [-0.25, -0.2) is 4.99 Å². The number of nitrogens with zero attached hydrogens (tertiary/aromatic N) is 2. The Hall–Kier alpha value is -2.24. The number of likely N-dealkylation sites (N-methyl/N-ethyl adjacent to an activating group) is 1. The van der Waals surface area contributed by atoms with Crippen molar-refractivity contribution in [2.75, 3.05) is 13.2 Å². The summed E-state index contributed by atoms with van der Waals surface area (Å²) >= 11 is 7.29. The molecule has 1 fully saturated rings. The van der Waals surface area contributed by atoms with Crippen LogP contribution in [0.25, 0.3) is 6.08 Å². The number of halogens is 1. The lowest BCUT2D eigenvalue weighted by molar-refractivity contribution is -0.122. The number of rotatable bonds is 5. The molecule has 0 radical (unpaired) electrons. The molecule has 134 valence electrons. The second-order valence-electron chi connectivity index (χ2n) is 5.50. The van der Waals surface area contributed by atoms with Gasteiger partial charge in [-0.1, -0.05) is 29.8 Å². The monoisotopic (exact) mass is 386 g/mol. The lowest BCUT2D eigenvalue weighted by Gasteiger charge is -2.12. The van der Waals surface area contributed by atoms with Gasteiger partial charge in [-0.15, -0.1) is 0 Å². The van der Waals surface area contributed by atoms with Gasteiger partial charge >= 0.3 is 0 Å². The van der Waals surface area contributed by atoms with Crippen molar-refractivity contribution in [1.29, 1.82) is 0 Å². The minimum absolute atomic E-state index is 0.0449. The predicted molar refractivity (Wildman–Crippen MR) is 109 cm³/mol. The van der Waals surface area contributed by atoms with E-state index in [1.807, 2.05) is 56.3 Å². The van der Waals surface area contributed by atoms with Gasteiger partial charge in [0.1, 0.15) is 5.75 Å². The van der Waals surface area contributed by atoms with E-state index in [9.17, 15) is 4.79 Å². The number of hydrogen-bond donors (Lipinski definition) is 0. The van der Waals surface area contributed by atoms with Crippen molar-refractivity contribution in [3.8, 4) is 5.75 Å². The number of aliphatic imine (C=N–C) groups is 1. The Bertz CT molecular complexity index is 862. The molecule has 2 aromatic carbocycles. The van der Waals surface area contributed by atoms with Crippen LogP contribution in [0.3, 0.4) is 0 Å². The second-order valence-corrected chi connectivity index (χ2v) is 6.95. The molecular weight excluding hydrogens is 368 g/mol. The van der Waals surface area contributed by atoms with Crippen molar-refractivity contribution < 1.29 is 9.53 Å². The summed E-state index contributed by atoms with van der Waals surface area (Å²) in [5.41, 5.74) is 1.65. The highest BCUT2D eigenvalue weighted by Gasteiger charge is 2.32. The summed E-state index contributed by atoms with van der Waals surface area (Å²) in [6, 6.07) is 14.9. The molecule has 0 N–H and O–H groups in total. The van der Waals surface area contributed by atoms with Gasteiger partial charge in [0.25, 0.3) is 5.91 Å². The first kappa shape index (κ1) is 18.5. The summed E-state index contributed by atoms with van der Waals surface area (Å²) in [5.74, 6) is 0.721. The zero-order valence-electron chi connectivity index (χ0n) is 14.6. The molecule has 1 saturated heterocycles. The van der Waals surface area contributed by atoms with Gasteiger partial charge < -0.3 is 4.74 Å². The quantitative estimate of drug-likeness (QED) is 0.649. The fourth-order valence-electron chi connectivity index (χ4n) is 2.52. The van der Waals surface area contributed by atoms with E-state index in [1.165, 1.54) is 11.8 Å². The number of para-hydroxylation sites is 1. The largest absolute Gasteiger partial charge is 0.493 e. The average molecular weight is 387 g/mol. The fraction of sp³-hybridized carbons (Fsp3) is 0.200. The molecule has 1 aliphatic heterocycles. The molecule has 0 bridgehead atoms. The zero-order valence-corrected chi connectivity index (χ0v) is 16.2. The maximum atomic E-state index is 12.8. The van der Waals surface area contributed by atoms with Gasteiger partial charge in [-0.3, -0.25) is 9.69 Å². The maximum absolute atomic E-state index is 12.8. The molecule has 0 atom stereocenters. The molecule has 0 unspecified atom stereocenters. The van der Waals surface area contributed by atoms with Crippen LogP contribution in [0.2, 0.25) is 5.02 Å². The summed E-state index contributed by atoms with van der Waals surface area (Å²) in [4.78, 5) is 19.7. The van der Waals surface area contributed by atoms with Gasteiger partial charge in [-0.2, -0.15) is 0 Å². The molecule has 2 aromatic rings. The number of benzene rings is 2. The van der Waals surface area contributed by atoms with Crippen molar-refractivity contribution in [3.63, 3.8) is 0 Å². The van der Waals surface area contributed by atoms with Crippen molar-refractivity contribution in [2.24, 2.45) is 4.99 Å². The van der Waals surface area contributed by atoms with Gasteiger partial charge in [0.2, 0.25) is 0 Å². The number of ether oxygens (including phenoxy) is 1. The Kier molecular flexibility index (Phi) is 6.01. The van der Waals surface area contributed by atoms with Crippen LogP contribution in [0, 0.1) is 0 Å². The fourth-order valence-corrected chi connectivity index (χ4v) is 3.70. The number of thioether (sulfide) groups is 1. The van der Waals surface area contributed by atoms with Crippen LogP contribution in [0.4, 0.5) is 5.69 Å². The minimum Gasteiger partial charge on any atom is -0.493 e.